The Labute approximate surface area is 93.3 Å². The largest absolute Gasteiger partial charge is 0.481 e. The summed E-state index contributed by atoms with van der Waals surface area (Å²) in [4.78, 5) is 13.9. The summed E-state index contributed by atoms with van der Waals surface area (Å²) < 4.78 is 38.8. The zero-order chi connectivity index (χ0) is 12.6. The van der Waals surface area contributed by atoms with Gasteiger partial charge in [-0.05, 0) is 12.1 Å². The summed E-state index contributed by atoms with van der Waals surface area (Å²) in [5.41, 5.74) is 0.0626. The molecule has 2 aromatic heterocycles. The summed E-state index contributed by atoms with van der Waals surface area (Å²) in [5, 5.41) is 8.61. The number of carboxylic acids is 1. The van der Waals surface area contributed by atoms with Crippen molar-refractivity contribution in [3.8, 4) is 0 Å². The molecule has 0 bridgehead atoms. The molecule has 0 saturated carbocycles. The van der Waals surface area contributed by atoms with Gasteiger partial charge >= 0.3 is 12.1 Å². The Hall–Kier alpha value is -2.05. The van der Waals surface area contributed by atoms with E-state index in [1.165, 1.54) is 24.4 Å². The van der Waals surface area contributed by atoms with Gasteiger partial charge < -0.3 is 5.11 Å². The normalized spacial score (nSPS) is 11.9. The molecule has 17 heavy (non-hydrogen) atoms. The molecular weight excluding hydrogens is 237 g/mol. The van der Waals surface area contributed by atoms with E-state index in [0.29, 0.717) is 0 Å². The van der Waals surface area contributed by atoms with Gasteiger partial charge in [0, 0.05) is 6.20 Å². The predicted octanol–water partition coefficient (Wildman–Crippen LogP) is 1.98. The zero-order valence-corrected chi connectivity index (χ0v) is 8.40. The van der Waals surface area contributed by atoms with E-state index in [9.17, 15) is 18.0 Å². The van der Waals surface area contributed by atoms with Crippen LogP contribution in [0.25, 0.3) is 5.52 Å². The van der Waals surface area contributed by atoms with Crippen molar-refractivity contribution in [3.63, 3.8) is 0 Å². The van der Waals surface area contributed by atoms with Crippen LogP contribution in [0.15, 0.2) is 24.4 Å². The number of hydrogen-bond acceptors (Lipinski definition) is 2. The molecule has 4 nitrogen and oxygen atoms in total. The molecule has 0 atom stereocenters. The lowest BCUT2D eigenvalue weighted by molar-refractivity contribution is -0.145. The fraction of sp³-hybridized carbons (Fsp3) is 0.200. The number of pyridine rings is 1. The van der Waals surface area contributed by atoms with Crippen molar-refractivity contribution >= 4 is 11.5 Å². The molecule has 0 aliphatic rings. The van der Waals surface area contributed by atoms with E-state index in [-0.39, 0.29) is 11.2 Å². The molecule has 0 amide bonds. The molecule has 0 unspecified atom stereocenters. The summed E-state index contributed by atoms with van der Waals surface area (Å²) in [6, 6.07) is 4.36. The number of fused-ring (bicyclic) bond motifs is 1. The second kappa shape index (κ2) is 3.76. The Morgan fingerprint density at radius 2 is 2.12 bits per heavy atom. The summed E-state index contributed by atoms with van der Waals surface area (Å²) in [5.74, 6) is -2.33. The van der Waals surface area contributed by atoms with Crippen LogP contribution in [0, 0.1) is 0 Å². The third-order valence-electron chi connectivity index (χ3n) is 2.20. The number of carbonyl (C=O) groups is 1. The number of rotatable bonds is 2. The molecular formula is C10H7F3N2O2. The van der Waals surface area contributed by atoms with Gasteiger partial charge in [-0.1, -0.05) is 6.07 Å². The molecule has 0 aliphatic carbocycles. The highest BCUT2D eigenvalue weighted by atomic mass is 19.4. The van der Waals surface area contributed by atoms with Crippen LogP contribution in [0.2, 0.25) is 0 Å². The number of nitrogens with zero attached hydrogens (tertiary/aromatic N) is 2. The van der Waals surface area contributed by atoms with Crippen molar-refractivity contribution in [2.75, 3.05) is 0 Å². The molecule has 2 rings (SSSR count). The van der Waals surface area contributed by atoms with E-state index in [1.54, 1.807) is 0 Å². The van der Waals surface area contributed by atoms with Crippen molar-refractivity contribution < 1.29 is 23.1 Å². The number of aromatic nitrogens is 2. The Bertz CT molecular complexity index is 574. The van der Waals surface area contributed by atoms with Crippen LogP contribution in [0.4, 0.5) is 13.2 Å². The first-order chi connectivity index (χ1) is 7.89. The van der Waals surface area contributed by atoms with Crippen molar-refractivity contribution in [1.82, 2.24) is 9.38 Å². The van der Waals surface area contributed by atoms with Gasteiger partial charge in [0.2, 0.25) is 5.82 Å². The lowest BCUT2D eigenvalue weighted by Gasteiger charge is -2.03. The maximum absolute atomic E-state index is 12.6. The number of alkyl halides is 3. The molecule has 0 radical (unpaired) electrons. The molecule has 0 saturated heterocycles. The summed E-state index contributed by atoms with van der Waals surface area (Å²) in [6.45, 7) is 0. The van der Waals surface area contributed by atoms with Gasteiger partial charge in [0.15, 0.2) is 0 Å². The Morgan fingerprint density at radius 3 is 2.71 bits per heavy atom. The van der Waals surface area contributed by atoms with E-state index in [0.717, 1.165) is 4.40 Å². The first-order valence-electron chi connectivity index (χ1n) is 4.64. The maximum Gasteiger partial charge on any atom is 0.450 e. The standard InChI is InChI=1S/C10H7F3N2O2/c11-10(12,13)9-14-6(5-8(16)17)7-3-1-2-4-15(7)9/h1-4H,5H2,(H,16,17). The smallest absolute Gasteiger partial charge is 0.450 e. The Morgan fingerprint density at radius 1 is 1.41 bits per heavy atom. The summed E-state index contributed by atoms with van der Waals surface area (Å²) in [7, 11) is 0. The number of imidazole rings is 1. The van der Waals surface area contributed by atoms with Gasteiger partial charge in [0.25, 0.3) is 0 Å². The van der Waals surface area contributed by atoms with Crippen molar-refractivity contribution in [2.45, 2.75) is 12.6 Å². The lowest BCUT2D eigenvalue weighted by Crippen LogP contribution is -2.10. The van der Waals surface area contributed by atoms with E-state index in [1.807, 2.05) is 0 Å². The second-order valence-corrected chi connectivity index (χ2v) is 3.41. The summed E-state index contributed by atoms with van der Waals surface area (Å²) in [6.07, 6.45) is -3.94. The maximum atomic E-state index is 12.6. The average Bonchev–Trinajstić information content (AvgIpc) is 2.56. The van der Waals surface area contributed by atoms with Gasteiger partial charge in [-0.2, -0.15) is 13.2 Å². The fourth-order valence-corrected chi connectivity index (χ4v) is 1.58. The summed E-state index contributed by atoms with van der Waals surface area (Å²) >= 11 is 0. The zero-order valence-electron chi connectivity index (χ0n) is 8.40. The predicted molar refractivity (Wildman–Crippen MR) is 51.5 cm³/mol. The molecule has 0 aliphatic heterocycles. The highest BCUT2D eigenvalue weighted by molar-refractivity contribution is 5.73. The first-order valence-corrected chi connectivity index (χ1v) is 4.64. The van der Waals surface area contributed by atoms with Crippen LogP contribution in [0.3, 0.4) is 0 Å². The van der Waals surface area contributed by atoms with Gasteiger partial charge in [0.05, 0.1) is 17.6 Å². The molecule has 7 heteroatoms. The lowest BCUT2D eigenvalue weighted by atomic mass is 10.2. The highest BCUT2D eigenvalue weighted by Crippen LogP contribution is 2.30. The van der Waals surface area contributed by atoms with Crippen LogP contribution in [0.1, 0.15) is 11.5 Å². The van der Waals surface area contributed by atoms with Crippen LogP contribution in [-0.4, -0.2) is 20.5 Å². The van der Waals surface area contributed by atoms with Crippen LogP contribution in [-0.2, 0) is 17.4 Å². The number of carboxylic acid groups (broad SMARTS) is 1. The number of aliphatic carboxylic acids is 1. The minimum Gasteiger partial charge on any atom is -0.481 e. The molecule has 0 spiro atoms. The molecule has 0 fully saturated rings. The van der Waals surface area contributed by atoms with E-state index < -0.39 is 24.4 Å². The third kappa shape index (κ3) is 2.08. The first kappa shape index (κ1) is 11.4. The van der Waals surface area contributed by atoms with Gasteiger partial charge in [-0.3, -0.25) is 9.20 Å². The molecule has 2 aromatic rings. The van der Waals surface area contributed by atoms with Crippen molar-refractivity contribution in [3.05, 3.63) is 35.9 Å². The number of hydrogen-bond donors (Lipinski definition) is 1. The van der Waals surface area contributed by atoms with E-state index in [4.69, 9.17) is 5.11 Å². The van der Waals surface area contributed by atoms with Crippen molar-refractivity contribution in [1.29, 1.82) is 0 Å². The monoisotopic (exact) mass is 244 g/mol. The second-order valence-electron chi connectivity index (χ2n) is 3.41. The molecule has 2 heterocycles. The van der Waals surface area contributed by atoms with Crippen LogP contribution < -0.4 is 0 Å². The van der Waals surface area contributed by atoms with E-state index >= 15 is 0 Å². The minimum absolute atomic E-state index is 0.0922. The Balaban J connectivity index is 2.67. The Kier molecular flexibility index (Phi) is 2.53. The van der Waals surface area contributed by atoms with Crippen LogP contribution in [0.5, 0.6) is 0 Å². The van der Waals surface area contributed by atoms with Gasteiger partial charge in [-0.15, -0.1) is 0 Å². The van der Waals surface area contributed by atoms with Crippen molar-refractivity contribution in [2.24, 2.45) is 0 Å². The number of halogens is 3. The van der Waals surface area contributed by atoms with Gasteiger partial charge in [0.1, 0.15) is 0 Å². The van der Waals surface area contributed by atoms with Gasteiger partial charge in [-0.25, -0.2) is 4.98 Å². The SMILES string of the molecule is O=C(O)Cc1nc(C(F)(F)F)n2ccccc12. The highest BCUT2D eigenvalue weighted by Gasteiger charge is 2.37. The van der Waals surface area contributed by atoms with Crippen LogP contribution >= 0.6 is 0 Å². The average molecular weight is 244 g/mol. The molecule has 0 aromatic carbocycles. The topological polar surface area (TPSA) is 54.6 Å². The fourth-order valence-electron chi connectivity index (χ4n) is 1.58. The minimum atomic E-state index is -4.61. The van der Waals surface area contributed by atoms with E-state index in [2.05, 4.69) is 4.98 Å². The third-order valence-corrected chi connectivity index (χ3v) is 2.20. The molecule has 1 N–H and O–H groups in total. The molecule has 90 valence electrons. The quantitative estimate of drug-likeness (QED) is 0.878.